The van der Waals surface area contributed by atoms with Crippen LogP contribution >= 0.6 is 22.7 Å². The van der Waals surface area contributed by atoms with E-state index >= 15 is 0 Å². The van der Waals surface area contributed by atoms with Gasteiger partial charge in [0.15, 0.2) is 5.82 Å². The fourth-order valence-corrected chi connectivity index (χ4v) is 3.04. The Kier molecular flexibility index (Phi) is 2.53. The fourth-order valence-electron chi connectivity index (χ4n) is 1.46. The van der Waals surface area contributed by atoms with Crippen LogP contribution in [0.15, 0.2) is 22.0 Å². The zero-order chi connectivity index (χ0) is 11.8. The number of aromatic nitrogens is 3. The van der Waals surface area contributed by atoms with Gasteiger partial charge < -0.3 is 4.52 Å². The van der Waals surface area contributed by atoms with Gasteiger partial charge >= 0.3 is 0 Å². The molecule has 0 unspecified atom stereocenters. The van der Waals surface area contributed by atoms with Gasteiger partial charge in [0.25, 0.3) is 5.89 Å². The molecular weight excluding hydrogens is 254 g/mol. The van der Waals surface area contributed by atoms with Gasteiger partial charge in [-0.1, -0.05) is 5.16 Å². The van der Waals surface area contributed by atoms with Crippen LogP contribution < -0.4 is 0 Å². The van der Waals surface area contributed by atoms with Gasteiger partial charge in [-0.15, -0.1) is 22.7 Å². The van der Waals surface area contributed by atoms with Crippen molar-refractivity contribution in [2.45, 2.75) is 13.8 Å². The average Bonchev–Trinajstić information content (AvgIpc) is 2.96. The number of rotatable bonds is 2. The number of thiazole rings is 1. The summed E-state index contributed by atoms with van der Waals surface area (Å²) in [4.78, 5) is 10.8. The average molecular weight is 263 g/mol. The van der Waals surface area contributed by atoms with Crippen LogP contribution in [0.25, 0.3) is 21.3 Å². The number of hydrogen-bond acceptors (Lipinski definition) is 6. The van der Waals surface area contributed by atoms with Crippen LogP contribution in [0.5, 0.6) is 0 Å². The summed E-state index contributed by atoms with van der Waals surface area (Å²) >= 11 is 3.27. The van der Waals surface area contributed by atoms with Crippen LogP contribution in [0.4, 0.5) is 0 Å². The highest BCUT2D eigenvalue weighted by molar-refractivity contribution is 7.19. The summed E-state index contributed by atoms with van der Waals surface area (Å²) in [5, 5.41) is 6.92. The lowest BCUT2D eigenvalue weighted by Crippen LogP contribution is -1.72. The van der Waals surface area contributed by atoms with E-state index in [0.717, 1.165) is 20.5 Å². The normalized spacial score (nSPS) is 10.9. The number of hydrogen-bond donors (Lipinski definition) is 0. The molecule has 0 aliphatic heterocycles. The summed E-state index contributed by atoms with van der Waals surface area (Å²) in [6.45, 7) is 3.81. The molecule has 3 rings (SSSR count). The van der Waals surface area contributed by atoms with E-state index in [1.54, 1.807) is 22.7 Å². The lowest BCUT2D eigenvalue weighted by atomic mass is 10.3. The minimum atomic E-state index is 0.575. The van der Waals surface area contributed by atoms with Crippen LogP contribution in [0, 0.1) is 13.8 Å². The van der Waals surface area contributed by atoms with Crippen molar-refractivity contribution in [2.75, 3.05) is 0 Å². The Morgan fingerprint density at radius 3 is 2.59 bits per heavy atom. The molecule has 0 fully saturated rings. The third-order valence-electron chi connectivity index (χ3n) is 2.22. The summed E-state index contributed by atoms with van der Waals surface area (Å²) in [6.07, 6.45) is 0. The lowest BCUT2D eigenvalue weighted by molar-refractivity contribution is 0.426. The topological polar surface area (TPSA) is 51.8 Å². The van der Waals surface area contributed by atoms with E-state index in [4.69, 9.17) is 4.52 Å². The number of thiophene rings is 1. The largest absolute Gasteiger partial charge is 0.333 e. The van der Waals surface area contributed by atoms with Crippen molar-refractivity contribution in [3.05, 3.63) is 28.3 Å². The smallest absolute Gasteiger partial charge is 0.267 e. The summed E-state index contributed by atoms with van der Waals surface area (Å²) in [7, 11) is 0. The Morgan fingerprint density at radius 1 is 1.12 bits per heavy atom. The van der Waals surface area contributed by atoms with Crippen molar-refractivity contribution in [3.8, 4) is 21.3 Å². The van der Waals surface area contributed by atoms with Gasteiger partial charge in [-0.25, -0.2) is 4.98 Å². The van der Waals surface area contributed by atoms with Crippen molar-refractivity contribution >= 4 is 22.7 Å². The van der Waals surface area contributed by atoms with Crippen LogP contribution in [0.3, 0.4) is 0 Å². The molecule has 0 radical (unpaired) electrons. The molecule has 6 heteroatoms. The van der Waals surface area contributed by atoms with Gasteiger partial charge in [-0.2, -0.15) is 4.98 Å². The zero-order valence-electron chi connectivity index (χ0n) is 9.30. The monoisotopic (exact) mass is 263 g/mol. The first kappa shape index (κ1) is 10.6. The second kappa shape index (κ2) is 4.05. The number of aryl methyl sites for hydroxylation is 2. The van der Waals surface area contributed by atoms with Gasteiger partial charge in [0.05, 0.1) is 20.5 Å². The predicted octanol–water partition coefficient (Wildman–Crippen LogP) is 3.54. The van der Waals surface area contributed by atoms with Crippen molar-refractivity contribution in [1.82, 2.24) is 15.1 Å². The van der Waals surface area contributed by atoms with Crippen LogP contribution in [-0.4, -0.2) is 15.1 Å². The molecule has 3 aromatic heterocycles. The lowest BCUT2D eigenvalue weighted by Gasteiger charge is -1.87. The summed E-state index contributed by atoms with van der Waals surface area (Å²) < 4.78 is 5.14. The quantitative estimate of drug-likeness (QED) is 0.709. The zero-order valence-corrected chi connectivity index (χ0v) is 10.9. The molecule has 0 saturated carbocycles. The van der Waals surface area contributed by atoms with E-state index in [1.165, 1.54) is 0 Å². The van der Waals surface area contributed by atoms with Crippen molar-refractivity contribution in [3.63, 3.8) is 0 Å². The van der Waals surface area contributed by atoms with Gasteiger partial charge in [0, 0.05) is 5.38 Å². The molecule has 0 saturated heterocycles. The molecule has 0 aliphatic rings. The molecule has 17 heavy (non-hydrogen) atoms. The molecule has 0 amide bonds. The molecular formula is C11H9N3OS2. The molecule has 0 bridgehead atoms. The molecule has 3 heterocycles. The van der Waals surface area contributed by atoms with Crippen molar-refractivity contribution in [1.29, 1.82) is 0 Å². The summed E-state index contributed by atoms with van der Waals surface area (Å²) in [6, 6.07) is 4.02. The second-order valence-corrected chi connectivity index (χ2v) is 5.71. The van der Waals surface area contributed by atoms with E-state index in [0.29, 0.717) is 11.7 Å². The highest BCUT2D eigenvalue weighted by atomic mass is 32.1. The van der Waals surface area contributed by atoms with E-state index in [-0.39, 0.29) is 0 Å². The van der Waals surface area contributed by atoms with Gasteiger partial charge in [0.1, 0.15) is 0 Å². The van der Waals surface area contributed by atoms with Crippen LogP contribution in [0.1, 0.15) is 10.8 Å². The molecule has 4 nitrogen and oxygen atoms in total. The minimum Gasteiger partial charge on any atom is -0.333 e. The third kappa shape index (κ3) is 2.01. The van der Waals surface area contributed by atoms with E-state index in [9.17, 15) is 0 Å². The highest BCUT2D eigenvalue weighted by Gasteiger charge is 2.11. The van der Waals surface area contributed by atoms with Crippen LogP contribution in [-0.2, 0) is 0 Å². The fraction of sp³-hybridized carbons (Fsp3) is 0.182. The molecule has 86 valence electrons. The Morgan fingerprint density at radius 2 is 1.94 bits per heavy atom. The van der Waals surface area contributed by atoms with Crippen molar-refractivity contribution < 1.29 is 4.52 Å². The Balaban J connectivity index is 1.98. The van der Waals surface area contributed by atoms with E-state index in [1.807, 2.05) is 26.0 Å². The highest BCUT2D eigenvalue weighted by Crippen LogP contribution is 2.33. The first-order chi connectivity index (χ1) is 8.22. The SMILES string of the molecule is Cc1noc(-c2ccc(-c3csc(C)n3)s2)n1. The first-order valence-corrected chi connectivity index (χ1v) is 6.75. The van der Waals surface area contributed by atoms with E-state index in [2.05, 4.69) is 20.5 Å². The van der Waals surface area contributed by atoms with Crippen molar-refractivity contribution in [2.24, 2.45) is 0 Å². The standard InChI is InChI=1S/C11H9N3OS2/c1-6-12-11(15-14-6)10-4-3-9(17-10)8-5-16-7(2)13-8/h3-5H,1-2H3. The maximum Gasteiger partial charge on any atom is 0.267 e. The first-order valence-electron chi connectivity index (χ1n) is 5.05. The van der Waals surface area contributed by atoms with Gasteiger partial charge in [-0.3, -0.25) is 0 Å². The molecule has 3 aromatic rings. The Hall–Kier alpha value is -1.53. The Labute approximate surface area is 106 Å². The predicted molar refractivity (Wildman–Crippen MR) is 68.2 cm³/mol. The third-order valence-corrected chi connectivity index (χ3v) is 4.09. The van der Waals surface area contributed by atoms with Crippen LogP contribution in [0.2, 0.25) is 0 Å². The molecule has 0 atom stereocenters. The molecule has 0 N–H and O–H groups in total. The Bertz CT molecular complexity index is 598. The summed E-state index contributed by atoms with van der Waals surface area (Å²) in [5.74, 6) is 1.23. The van der Waals surface area contributed by atoms with Gasteiger partial charge in [0.2, 0.25) is 0 Å². The maximum absolute atomic E-state index is 5.14. The number of nitrogens with zero attached hydrogens (tertiary/aromatic N) is 3. The van der Waals surface area contributed by atoms with Gasteiger partial charge in [-0.05, 0) is 26.0 Å². The minimum absolute atomic E-state index is 0.575. The summed E-state index contributed by atoms with van der Waals surface area (Å²) in [5.41, 5.74) is 1.01. The van der Waals surface area contributed by atoms with E-state index < -0.39 is 0 Å². The molecule has 0 aromatic carbocycles. The second-order valence-electron chi connectivity index (χ2n) is 3.56. The molecule has 0 aliphatic carbocycles. The maximum atomic E-state index is 5.14. The molecule has 0 spiro atoms.